The Morgan fingerprint density at radius 2 is 2.11 bits per heavy atom. The molecule has 0 aliphatic carbocycles. The molecular weight excluding hydrogens is 256 g/mol. The highest BCUT2D eigenvalue weighted by atomic mass is 32.2. The van der Waals surface area contributed by atoms with Crippen LogP contribution >= 0.6 is 0 Å². The Hall–Kier alpha value is -0.660. The minimum absolute atomic E-state index is 0.0648. The Bertz CT molecular complexity index is 405. The molecule has 0 spiro atoms. The topological polar surface area (TPSA) is 89.7 Å². The van der Waals surface area contributed by atoms with E-state index >= 15 is 0 Å². The lowest BCUT2D eigenvalue weighted by atomic mass is 10.0. The summed E-state index contributed by atoms with van der Waals surface area (Å²) in [5.74, 6) is -0.267. The maximum Gasteiger partial charge on any atom is 0.240 e. The molecular formula is C11H22N2O4S. The van der Waals surface area contributed by atoms with Crippen LogP contribution in [0, 0.1) is 0 Å². The molecule has 0 aromatic carbocycles. The number of rotatable bonds is 4. The number of hydrogen-bond donors (Lipinski definition) is 1. The van der Waals surface area contributed by atoms with Crippen LogP contribution in [0.15, 0.2) is 0 Å². The quantitative estimate of drug-likeness (QED) is 0.740. The number of nitrogens with two attached hydrogens (primary N) is 1. The highest BCUT2D eigenvalue weighted by Gasteiger charge is 2.36. The highest BCUT2D eigenvalue weighted by molar-refractivity contribution is 7.90. The summed E-state index contributed by atoms with van der Waals surface area (Å²) in [5.41, 5.74) is 5.39. The molecule has 1 fully saturated rings. The van der Waals surface area contributed by atoms with Crippen molar-refractivity contribution in [2.24, 2.45) is 5.73 Å². The number of nitrogens with zero attached hydrogens (tertiary/aromatic N) is 1. The Labute approximate surface area is 108 Å². The average Bonchev–Trinajstić information content (AvgIpc) is 2.23. The highest BCUT2D eigenvalue weighted by Crippen LogP contribution is 2.20. The van der Waals surface area contributed by atoms with Crippen molar-refractivity contribution in [3.8, 4) is 0 Å². The zero-order chi connectivity index (χ0) is 14.0. The standard InChI is InChI=1S/C11H22N2O4S/c1-11(2)8-17-6-5-13(11)10(14)9(12)4-7-18(3,15)16/h9H,4-8,12H2,1-3H3. The van der Waals surface area contributed by atoms with Gasteiger partial charge in [-0.1, -0.05) is 0 Å². The molecule has 0 saturated carbocycles. The lowest BCUT2D eigenvalue weighted by Gasteiger charge is -2.43. The normalized spacial score (nSPS) is 21.7. The Balaban J connectivity index is 2.62. The fourth-order valence-corrected chi connectivity index (χ4v) is 2.61. The number of sulfone groups is 1. The molecule has 1 unspecified atom stereocenters. The van der Waals surface area contributed by atoms with E-state index in [9.17, 15) is 13.2 Å². The van der Waals surface area contributed by atoms with Gasteiger partial charge in [0.05, 0.1) is 30.5 Å². The maximum atomic E-state index is 12.2. The monoisotopic (exact) mass is 278 g/mol. The summed E-state index contributed by atoms with van der Waals surface area (Å²) in [6, 6.07) is -0.767. The third kappa shape index (κ3) is 4.22. The van der Waals surface area contributed by atoms with E-state index in [2.05, 4.69) is 0 Å². The van der Waals surface area contributed by atoms with Crippen LogP contribution in [-0.2, 0) is 19.4 Å². The summed E-state index contributed by atoms with van der Waals surface area (Å²) < 4.78 is 27.5. The first-order valence-electron chi connectivity index (χ1n) is 5.96. The molecule has 1 heterocycles. The van der Waals surface area contributed by atoms with Crippen molar-refractivity contribution in [3.63, 3.8) is 0 Å². The van der Waals surface area contributed by atoms with E-state index in [1.807, 2.05) is 13.8 Å². The molecule has 1 amide bonds. The molecule has 1 saturated heterocycles. The van der Waals surface area contributed by atoms with Gasteiger partial charge in [-0.25, -0.2) is 8.42 Å². The number of hydrogen-bond acceptors (Lipinski definition) is 5. The molecule has 1 aliphatic rings. The van der Waals surface area contributed by atoms with Gasteiger partial charge in [-0.15, -0.1) is 0 Å². The predicted octanol–water partition coefficient (Wildman–Crippen LogP) is -0.614. The van der Waals surface area contributed by atoms with Crippen LogP contribution in [0.25, 0.3) is 0 Å². The van der Waals surface area contributed by atoms with Crippen LogP contribution in [0.2, 0.25) is 0 Å². The van der Waals surface area contributed by atoms with Crippen LogP contribution in [-0.4, -0.2) is 62.6 Å². The molecule has 0 aromatic rings. The Kier molecular flexibility index (Phi) is 4.74. The lowest BCUT2D eigenvalue weighted by Crippen LogP contribution is -2.59. The van der Waals surface area contributed by atoms with Crippen LogP contribution in [0.4, 0.5) is 0 Å². The van der Waals surface area contributed by atoms with Crippen molar-refractivity contribution < 1.29 is 17.9 Å². The zero-order valence-corrected chi connectivity index (χ0v) is 12.0. The Morgan fingerprint density at radius 1 is 1.50 bits per heavy atom. The van der Waals surface area contributed by atoms with Gasteiger partial charge in [0.15, 0.2) is 0 Å². The first-order chi connectivity index (χ1) is 8.13. The van der Waals surface area contributed by atoms with Gasteiger partial charge >= 0.3 is 0 Å². The Morgan fingerprint density at radius 3 is 2.61 bits per heavy atom. The number of morpholine rings is 1. The van der Waals surface area contributed by atoms with Gasteiger partial charge in [0, 0.05) is 12.8 Å². The van der Waals surface area contributed by atoms with E-state index in [0.29, 0.717) is 19.8 Å². The van der Waals surface area contributed by atoms with E-state index in [4.69, 9.17) is 10.5 Å². The fourth-order valence-electron chi connectivity index (χ4n) is 1.93. The second kappa shape index (κ2) is 5.54. The van der Waals surface area contributed by atoms with E-state index in [1.165, 1.54) is 0 Å². The minimum Gasteiger partial charge on any atom is -0.377 e. The summed E-state index contributed by atoms with van der Waals surface area (Å²) in [7, 11) is -3.09. The van der Waals surface area contributed by atoms with Gasteiger partial charge in [-0.05, 0) is 20.3 Å². The number of ether oxygens (including phenoxy) is 1. The average molecular weight is 278 g/mol. The van der Waals surface area contributed by atoms with Gasteiger partial charge in [-0.3, -0.25) is 4.79 Å². The molecule has 1 aliphatic heterocycles. The van der Waals surface area contributed by atoms with Crippen LogP contribution < -0.4 is 5.73 Å². The van der Waals surface area contributed by atoms with E-state index < -0.39 is 21.4 Å². The second-order valence-electron chi connectivity index (χ2n) is 5.38. The molecule has 7 heteroatoms. The molecule has 106 valence electrons. The largest absolute Gasteiger partial charge is 0.377 e. The molecule has 1 atom stereocenters. The van der Waals surface area contributed by atoms with E-state index in [1.54, 1.807) is 4.90 Å². The van der Waals surface area contributed by atoms with Crippen molar-refractivity contribution in [2.45, 2.75) is 31.8 Å². The summed E-state index contributed by atoms with van der Waals surface area (Å²) in [4.78, 5) is 13.9. The zero-order valence-electron chi connectivity index (χ0n) is 11.2. The van der Waals surface area contributed by atoms with Crippen LogP contribution in [0.5, 0.6) is 0 Å². The van der Waals surface area contributed by atoms with E-state index in [0.717, 1.165) is 6.26 Å². The van der Waals surface area contributed by atoms with Crippen molar-refractivity contribution in [1.82, 2.24) is 4.90 Å². The van der Waals surface area contributed by atoms with Gasteiger partial charge in [0.1, 0.15) is 9.84 Å². The van der Waals surface area contributed by atoms with Crippen LogP contribution in [0.1, 0.15) is 20.3 Å². The van der Waals surface area contributed by atoms with Gasteiger partial charge in [-0.2, -0.15) is 0 Å². The SMILES string of the molecule is CC1(C)COCCN1C(=O)C(N)CCS(C)(=O)=O. The minimum atomic E-state index is -3.09. The molecule has 0 aromatic heterocycles. The summed E-state index contributed by atoms with van der Waals surface area (Å²) in [5, 5.41) is 0. The first-order valence-corrected chi connectivity index (χ1v) is 8.02. The van der Waals surface area contributed by atoms with Gasteiger partial charge in [0.2, 0.25) is 5.91 Å². The third-order valence-corrected chi connectivity index (χ3v) is 4.01. The molecule has 18 heavy (non-hydrogen) atoms. The number of carbonyl (C=O) groups is 1. The first kappa shape index (κ1) is 15.4. The third-order valence-electron chi connectivity index (χ3n) is 3.03. The number of carbonyl (C=O) groups excluding carboxylic acids is 1. The fraction of sp³-hybridized carbons (Fsp3) is 0.909. The van der Waals surface area contributed by atoms with Crippen molar-refractivity contribution in [1.29, 1.82) is 0 Å². The second-order valence-corrected chi connectivity index (χ2v) is 7.64. The molecule has 2 N–H and O–H groups in total. The van der Waals surface area contributed by atoms with Gasteiger partial charge in [0.25, 0.3) is 0 Å². The lowest BCUT2D eigenvalue weighted by molar-refractivity contribution is -0.147. The molecule has 1 rings (SSSR count). The molecule has 6 nitrogen and oxygen atoms in total. The maximum absolute atomic E-state index is 12.2. The van der Waals surface area contributed by atoms with E-state index in [-0.39, 0.29) is 18.1 Å². The van der Waals surface area contributed by atoms with Crippen molar-refractivity contribution >= 4 is 15.7 Å². The summed E-state index contributed by atoms with van der Waals surface area (Å²) >= 11 is 0. The number of amides is 1. The summed E-state index contributed by atoms with van der Waals surface area (Å²) in [6.45, 7) is 5.28. The molecule has 0 bridgehead atoms. The molecule has 0 radical (unpaired) electrons. The predicted molar refractivity (Wildman–Crippen MR) is 68.9 cm³/mol. The van der Waals surface area contributed by atoms with Gasteiger partial charge < -0.3 is 15.4 Å². The summed E-state index contributed by atoms with van der Waals surface area (Å²) in [6.07, 6.45) is 1.30. The van der Waals surface area contributed by atoms with Crippen LogP contribution in [0.3, 0.4) is 0 Å². The van der Waals surface area contributed by atoms with Crippen molar-refractivity contribution in [2.75, 3.05) is 31.8 Å². The smallest absolute Gasteiger partial charge is 0.240 e. The van der Waals surface area contributed by atoms with Crippen molar-refractivity contribution in [3.05, 3.63) is 0 Å².